The largest absolute Gasteiger partial charge is 0.416 e. The number of hydrogen-bond acceptors (Lipinski definition) is 4. The van der Waals surface area contributed by atoms with Crippen molar-refractivity contribution in [1.82, 2.24) is 14.6 Å². The first-order chi connectivity index (χ1) is 12.9. The number of fused-ring (bicyclic) bond motifs is 1. The van der Waals surface area contributed by atoms with Crippen LogP contribution in [0.25, 0.3) is 5.65 Å². The summed E-state index contributed by atoms with van der Waals surface area (Å²) < 4.78 is 40.3. The summed E-state index contributed by atoms with van der Waals surface area (Å²) >= 11 is 0. The zero-order valence-electron chi connectivity index (χ0n) is 14.1. The van der Waals surface area contributed by atoms with Gasteiger partial charge in [-0.2, -0.15) is 22.8 Å². The Morgan fingerprint density at radius 1 is 1.19 bits per heavy atom. The first kappa shape index (κ1) is 17.3. The van der Waals surface area contributed by atoms with E-state index in [9.17, 15) is 18.0 Å². The van der Waals surface area contributed by atoms with Crippen LogP contribution in [0.1, 0.15) is 18.4 Å². The van der Waals surface area contributed by atoms with Gasteiger partial charge in [0, 0.05) is 24.5 Å². The van der Waals surface area contributed by atoms with Crippen LogP contribution in [0.3, 0.4) is 0 Å². The maximum absolute atomic E-state index is 12.9. The maximum atomic E-state index is 12.9. The summed E-state index contributed by atoms with van der Waals surface area (Å²) in [5.41, 5.74) is -0.00645. The van der Waals surface area contributed by atoms with Crippen LogP contribution < -0.4 is 10.2 Å². The molecule has 6 nitrogen and oxygen atoms in total. The molecule has 1 aliphatic rings. The van der Waals surface area contributed by atoms with E-state index < -0.39 is 17.8 Å². The number of nitrogens with one attached hydrogen (secondary N) is 1. The molecular formula is C18H16F3N5O. The summed E-state index contributed by atoms with van der Waals surface area (Å²) in [4.78, 5) is 18.9. The van der Waals surface area contributed by atoms with Crippen LogP contribution in [-0.2, 0) is 11.0 Å². The van der Waals surface area contributed by atoms with Crippen LogP contribution in [-0.4, -0.2) is 33.1 Å². The van der Waals surface area contributed by atoms with Crippen LogP contribution in [0.4, 0.5) is 24.7 Å². The Morgan fingerprint density at radius 3 is 2.85 bits per heavy atom. The van der Waals surface area contributed by atoms with Gasteiger partial charge in [0.25, 0.3) is 0 Å². The van der Waals surface area contributed by atoms with Gasteiger partial charge >= 0.3 is 6.18 Å². The Morgan fingerprint density at radius 2 is 2.04 bits per heavy atom. The van der Waals surface area contributed by atoms with Crippen molar-refractivity contribution in [2.45, 2.75) is 25.1 Å². The minimum atomic E-state index is -4.46. The molecule has 1 fully saturated rings. The number of hydrogen-bond donors (Lipinski definition) is 1. The van der Waals surface area contributed by atoms with Gasteiger partial charge in [-0.05, 0) is 37.1 Å². The molecule has 0 bridgehead atoms. The van der Waals surface area contributed by atoms with Gasteiger partial charge < -0.3 is 10.2 Å². The topological polar surface area (TPSA) is 62.5 Å². The number of carbonyl (C=O) groups excluding carboxylic acids is 1. The molecule has 1 aromatic carbocycles. The monoisotopic (exact) mass is 375 g/mol. The van der Waals surface area contributed by atoms with Crippen LogP contribution in [0.15, 0.2) is 48.8 Å². The van der Waals surface area contributed by atoms with Crippen molar-refractivity contribution in [3.63, 3.8) is 0 Å². The van der Waals surface area contributed by atoms with E-state index in [1.54, 1.807) is 29.0 Å². The number of benzene rings is 1. The fourth-order valence-electron chi connectivity index (χ4n) is 3.35. The highest BCUT2D eigenvalue weighted by Crippen LogP contribution is 2.31. The molecule has 0 unspecified atom stereocenters. The second kappa shape index (κ2) is 6.57. The van der Waals surface area contributed by atoms with E-state index in [0.717, 1.165) is 24.4 Å². The normalized spacial score (nSPS) is 17.4. The molecule has 4 rings (SSSR count). The lowest BCUT2D eigenvalue weighted by Crippen LogP contribution is -2.40. The van der Waals surface area contributed by atoms with E-state index >= 15 is 0 Å². The van der Waals surface area contributed by atoms with Gasteiger partial charge in [0.2, 0.25) is 5.91 Å². The van der Waals surface area contributed by atoms with Crippen LogP contribution in [0, 0.1) is 0 Å². The summed E-state index contributed by atoms with van der Waals surface area (Å²) in [6.45, 7) is 0.652. The molecule has 1 aliphatic heterocycles. The number of rotatable bonds is 3. The number of nitrogens with zero attached hydrogens (tertiary/aromatic N) is 4. The molecule has 1 saturated heterocycles. The predicted octanol–water partition coefficient (Wildman–Crippen LogP) is 3.36. The molecule has 2 aromatic heterocycles. The standard InChI is InChI=1S/C18H16F3N5O/c19-18(20,21)12-3-1-4-13(11-12)24-17(27)14-5-2-10-25(14)16-7-8-22-15-6-9-23-26(15)16/h1,3-4,6-9,11,14H,2,5,10H2,(H,24,27)/t14-/m0/s1. The van der Waals surface area contributed by atoms with Gasteiger partial charge in [0.15, 0.2) is 5.65 Å². The fraction of sp³-hybridized carbons (Fsp3) is 0.278. The summed E-state index contributed by atoms with van der Waals surface area (Å²) in [6, 6.07) is 7.69. The van der Waals surface area contributed by atoms with Crippen molar-refractivity contribution in [2.24, 2.45) is 0 Å². The molecule has 0 radical (unpaired) electrons. The number of halogens is 3. The van der Waals surface area contributed by atoms with Gasteiger partial charge in [0.1, 0.15) is 11.9 Å². The maximum Gasteiger partial charge on any atom is 0.416 e. The van der Waals surface area contributed by atoms with Crippen molar-refractivity contribution >= 4 is 23.1 Å². The van der Waals surface area contributed by atoms with Gasteiger partial charge in [-0.15, -0.1) is 0 Å². The van der Waals surface area contributed by atoms with Crippen molar-refractivity contribution in [1.29, 1.82) is 0 Å². The number of aromatic nitrogens is 3. The third-order valence-corrected chi connectivity index (χ3v) is 4.58. The average Bonchev–Trinajstić information content (AvgIpc) is 3.30. The first-order valence-electron chi connectivity index (χ1n) is 8.47. The molecule has 1 atom stereocenters. The molecule has 1 N–H and O–H groups in total. The molecule has 9 heteroatoms. The van der Waals surface area contributed by atoms with Crippen molar-refractivity contribution in [2.75, 3.05) is 16.8 Å². The second-order valence-corrected chi connectivity index (χ2v) is 6.32. The first-order valence-corrected chi connectivity index (χ1v) is 8.47. The lowest BCUT2D eigenvalue weighted by atomic mass is 10.1. The number of anilines is 2. The number of amides is 1. The Kier molecular flexibility index (Phi) is 4.21. The summed E-state index contributed by atoms with van der Waals surface area (Å²) in [5.74, 6) is 0.385. The molecule has 27 heavy (non-hydrogen) atoms. The predicted molar refractivity (Wildman–Crippen MR) is 93.4 cm³/mol. The average molecular weight is 375 g/mol. The van der Waals surface area contributed by atoms with Gasteiger partial charge in [0.05, 0.1) is 11.8 Å². The fourth-order valence-corrected chi connectivity index (χ4v) is 3.35. The lowest BCUT2D eigenvalue weighted by molar-refractivity contribution is -0.137. The van der Waals surface area contributed by atoms with E-state index in [-0.39, 0.29) is 11.6 Å². The van der Waals surface area contributed by atoms with Gasteiger partial charge in [-0.1, -0.05) is 6.07 Å². The molecular weight excluding hydrogens is 359 g/mol. The van der Waals surface area contributed by atoms with Crippen LogP contribution in [0.2, 0.25) is 0 Å². The number of carbonyl (C=O) groups is 1. The highest BCUT2D eigenvalue weighted by Gasteiger charge is 2.33. The van der Waals surface area contributed by atoms with Crippen molar-refractivity contribution < 1.29 is 18.0 Å². The third-order valence-electron chi connectivity index (χ3n) is 4.58. The van der Waals surface area contributed by atoms with Crippen molar-refractivity contribution in [3.8, 4) is 0 Å². The van der Waals surface area contributed by atoms with E-state index in [2.05, 4.69) is 15.4 Å². The Bertz CT molecular complexity index is 984. The van der Waals surface area contributed by atoms with E-state index in [4.69, 9.17) is 0 Å². The Labute approximate surface area is 152 Å². The highest BCUT2D eigenvalue weighted by atomic mass is 19.4. The third kappa shape index (κ3) is 3.32. The van der Waals surface area contributed by atoms with Gasteiger partial charge in [-0.25, -0.2) is 4.98 Å². The second-order valence-electron chi connectivity index (χ2n) is 6.32. The Hall–Kier alpha value is -3.10. The van der Waals surface area contributed by atoms with E-state index in [1.165, 1.54) is 12.1 Å². The molecule has 140 valence electrons. The minimum Gasteiger partial charge on any atom is -0.344 e. The summed E-state index contributed by atoms with van der Waals surface area (Å²) in [6.07, 6.45) is 0.219. The van der Waals surface area contributed by atoms with E-state index in [0.29, 0.717) is 18.6 Å². The zero-order chi connectivity index (χ0) is 19.0. The van der Waals surface area contributed by atoms with Crippen LogP contribution in [0.5, 0.6) is 0 Å². The molecule has 3 aromatic rings. The zero-order valence-corrected chi connectivity index (χ0v) is 14.1. The van der Waals surface area contributed by atoms with Crippen LogP contribution >= 0.6 is 0 Å². The minimum absolute atomic E-state index is 0.126. The molecule has 0 saturated carbocycles. The van der Waals surface area contributed by atoms with Crippen molar-refractivity contribution in [3.05, 3.63) is 54.4 Å². The molecule has 1 amide bonds. The summed E-state index contributed by atoms with van der Waals surface area (Å²) in [5, 5.41) is 6.85. The highest BCUT2D eigenvalue weighted by molar-refractivity contribution is 5.97. The molecule has 3 heterocycles. The quantitative estimate of drug-likeness (QED) is 0.763. The molecule has 0 aliphatic carbocycles. The summed E-state index contributed by atoms with van der Waals surface area (Å²) in [7, 11) is 0. The Balaban J connectivity index is 1.58. The van der Waals surface area contributed by atoms with E-state index in [1.807, 2.05) is 4.90 Å². The molecule has 0 spiro atoms. The smallest absolute Gasteiger partial charge is 0.344 e. The lowest BCUT2D eigenvalue weighted by Gasteiger charge is -2.26. The SMILES string of the molecule is O=C(Nc1cccc(C(F)(F)F)c1)[C@@H]1CCCN1c1ccnc2ccnn12. The van der Waals surface area contributed by atoms with Gasteiger partial charge in [-0.3, -0.25) is 4.79 Å². The number of alkyl halides is 3.